The van der Waals surface area contributed by atoms with E-state index in [0.29, 0.717) is 0 Å². The number of hydrogen-bond donors (Lipinski definition) is 0. The molecular formula is C14H15BrN2O. The summed E-state index contributed by atoms with van der Waals surface area (Å²) in [5.41, 5.74) is 2.33. The fourth-order valence-electron chi connectivity index (χ4n) is 1.81. The number of aromatic nitrogens is 1. The van der Waals surface area contributed by atoms with Gasteiger partial charge in [0.15, 0.2) is 0 Å². The average Bonchev–Trinajstić information content (AvgIpc) is 2.39. The van der Waals surface area contributed by atoms with E-state index in [1.54, 1.807) is 19.5 Å². The zero-order chi connectivity index (χ0) is 13.0. The van der Waals surface area contributed by atoms with Crippen molar-refractivity contribution in [1.82, 2.24) is 4.98 Å². The second-order valence-electron chi connectivity index (χ2n) is 4.03. The van der Waals surface area contributed by atoms with Gasteiger partial charge in [-0.3, -0.25) is 4.98 Å². The SMILES string of the molecule is COc1cccc(CN(C)c2ccncc2Br)c1. The molecule has 1 aromatic carbocycles. The lowest BCUT2D eigenvalue weighted by Crippen LogP contribution is -2.16. The highest BCUT2D eigenvalue weighted by atomic mass is 79.9. The van der Waals surface area contributed by atoms with Crippen LogP contribution < -0.4 is 9.64 Å². The second-order valence-corrected chi connectivity index (χ2v) is 4.89. The first-order valence-electron chi connectivity index (χ1n) is 5.64. The molecule has 1 heterocycles. The Hall–Kier alpha value is -1.55. The van der Waals surface area contributed by atoms with Gasteiger partial charge < -0.3 is 9.64 Å². The van der Waals surface area contributed by atoms with Crippen LogP contribution in [0.15, 0.2) is 47.2 Å². The van der Waals surface area contributed by atoms with Crippen LogP contribution in [0.2, 0.25) is 0 Å². The lowest BCUT2D eigenvalue weighted by Gasteiger charge is -2.20. The van der Waals surface area contributed by atoms with E-state index in [2.05, 4.69) is 38.9 Å². The molecule has 0 radical (unpaired) electrons. The number of methoxy groups -OCH3 is 1. The maximum Gasteiger partial charge on any atom is 0.119 e. The van der Waals surface area contributed by atoms with Crippen LogP contribution in [0.5, 0.6) is 5.75 Å². The van der Waals surface area contributed by atoms with Gasteiger partial charge in [-0.1, -0.05) is 12.1 Å². The Kier molecular flexibility index (Phi) is 4.20. The molecule has 18 heavy (non-hydrogen) atoms. The fraction of sp³-hybridized carbons (Fsp3) is 0.214. The number of pyridine rings is 1. The minimum atomic E-state index is 0.819. The summed E-state index contributed by atoms with van der Waals surface area (Å²) in [4.78, 5) is 6.24. The highest BCUT2D eigenvalue weighted by Gasteiger charge is 2.06. The molecule has 2 aromatic rings. The highest BCUT2D eigenvalue weighted by molar-refractivity contribution is 9.10. The standard InChI is InChI=1S/C14H15BrN2O/c1-17(14-6-7-16-9-13(14)15)10-11-4-3-5-12(8-11)18-2/h3-9H,10H2,1-2H3. The zero-order valence-corrected chi connectivity index (χ0v) is 12.0. The lowest BCUT2D eigenvalue weighted by atomic mass is 10.2. The number of hydrogen-bond acceptors (Lipinski definition) is 3. The van der Waals surface area contributed by atoms with Gasteiger partial charge in [0, 0.05) is 26.0 Å². The van der Waals surface area contributed by atoms with Crippen molar-refractivity contribution in [1.29, 1.82) is 0 Å². The van der Waals surface area contributed by atoms with E-state index < -0.39 is 0 Å². The molecule has 0 amide bonds. The molecule has 94 valence electrons. The Morgan fingerprint density at radius 2 is 2.17 bits per heavy atom. The van der Waals surface area contributed by atoms with Crippen molar-refractivity contribution in [3.8, 4) is 5.75 Å². The minimum absolute atomic E-state index is 0.819. The van der Waals surface area contributed by atoms with Gasteiger partial charge >= 0.3 is 0 Å². The van der Waals surface area contributed by atoms with Crippen LogP contribution in [0.25, 0.3) is 0 Å². The van der Waals surface area contributed by atoms with E-state index in [-0.39, 0.29) is 0 Å². The van der Waals surface area contributed by atoms with Crippen LogP contribution >= 0.6 is 15.9 Å². The minimum Gasteiger partial charge on any atom is -0.497 e. The Bertz CT molecular complexity index is 531. The lowest BCUT2D eigenvalue weighted by molar-refractivity contribution is 0.414. The van der Waals surface area contributed by atoms with E-state index in [0.717, 1.165) is 22.5 Å². The molecule has 0 aliphatic heterocycles. The Morgan fingerprint density at radius 1 is 1.33 bits per heavy atom. The molecule has 0 bridgehead atoms. The van der Waals surface area contributed by atoms with Gasteiger partial charge in [-0.05, 0) is 39.7 Å². The van der Waals surface area contributed by atoms with E-state index in [1.807, 2.05) is 24.3 Å². The van der Waals surface area contributed by atoms with E-state index >= 15 is 0 Å². The van der Waals surface area contributed by atoms with Gasteiger partial charge in [0.2, 0.25) is 0 Å². The Balaban J connectivity index is 2.16. The highest BCUT2D eigenvalue weighted by Crippen LogP contribution is 2.25. The Morgan fingerprint density at radius 3 is 2.89 bits per heavy atom. The normalized spacial score (nSPS) is 10.2. The smallest absolute Gasteiger partial charge is 0.119 e. The zero-order valence-electron chi connectivity index (χ0n) is 10.4. The van der Waals surface area contributed by atoms with Crippen molar-refractivity contribution in [2.24, 2.45) is 0 Å². The number of nitrogens with zero attached hydrogens (tertiary/aromatic N) is 2. The molecule has 0 N–H and O–H groups in total. The van der Waals surface area contributed by atoms with Crippen LogP contribution in [-0.4, -0.2) is 19.1 Å². The monoisotopic (exact) mass is 306 g/mol. The van der Waals surface area contributed by atoms with Gasteiger partial charge in [0.25, 0.3) is 0 Å². The van der Waals surface area contributed by atoms with Gasteiger partial charge in [-0.15, -0.1) is 0 Å². The van der Waals surface area contributed by atoms with E-state index in [1.165, 1.54) is 5.56 Å². The van der Waals surface area contributed by atoms with Crippen LogP contribution in [0.3, 0.4) is 0 Å². The summed E-state index contributed by atoms with van der Waals surface area (Å²) in [6.07, 6.45) is 3.60. The van der Waals surface area contributed by atoms with Crippen molar-refractivity contribution in [3.63, 3.8) is 0 Å². The van der Waals surface area contributed by atoms with Crippen molar-refractivity contribution in [2.45, 2.75) is 6.54 Å². The third kappa shape index (κ3) is 3.01. The number of ether oxygens (including phenoxy) is 1. The van der Waals surface area contributed by atoms with Gasteiger partial charge in [-0.2, -0.15) is 0 Å². The summed E-state index contributed by atoms with van der Waals surface area (Å²) in [7, 11) is 3.74. The van der Waals surface area contributed by atoms with Crippen molar-refractivity contribution < 1.29 is 4.74 Å². The van der Waals surface area contributed by atoms with Crippen LogP contribution in [-0.2, 0) is 6.54 Å². The summed E-state index contributed by atoms with van der Waals surface area (Å²) in [5, 5.41) is 0. The maximum atomic E-state index is 5.23. The molecule has 0 aliphatic carbocycles. The summed E-state index contributed by atoms with van der Waals surface area (Å²) >= 11 is 3.51. The maximum absolute atomic E-state index is 5.23. The van der Waals surface area contributed by atoms with Crippen LogP contribution in [0, 0.1) is 0 Å². The topological polar surface area (TPSA) is 25.4 Å². The molecule has 0 unspecified atom stereocenters. The molecule has 2 rings (SSSR count). The summed E-state index contributed by atoms with van der Waals surface area (Å²) in [5.74, 6) is 0.884. The van der Waals surface area contributed by atoms with Gasteiger partial charge in [-0.25, -0.2) is 0 Å². The molecule has 4 heteroatoms. The van der Waals surface area contributed by atoms with Crippen molar-refractivity contribution >= 4 is 21.6 Å². The molecule has 0 saturated carbocycles. The molecule has 0 fully saturated rings. The largest absolute Gasteiger partial charge is 0.497 e. The molecule has 3 nitrogen and oxygen atoms in total. The molecule has 0 spiro atoms. The first kappa shape index (κ1) is 12.9. The van der Waals surface area contributed by atoms with E-state index in [4.69, 9.17) is 4.74 Å². The third-order valence-corrected chi connectivity index (χ3v) is 3.33. The third-order valence-electron chi connectivity index (χ3n) is 2.72. The summed E-state index contributed by atoms with van der Waals surface area (Å²) in [6, 6.07) is 10.1. The van der Waals surface area contributed by atoms with Crippen LogP contribution in [0.4, 0.5) is 5.69 Å². The molecule has 1 aromatic heterocycles. The quantitative estimate of drug-likeness (QED) is 0.864. The number of rotatable bonds is 4. The molecule has 0 saturated heterocycles. The van der Waals surface area contributed by atoms with E-state index in [9.17, 15) is 0 Å². The first-order chi connectivity index (χ1) is 8.70. The van der Waals surface area contributed by atoms with Crippen molar-refractivity contribution in [3.05, 3.63) is 52.8 Å². The molecular weight excluding hydrogens is 292 g/mol. The average molecular weight is 307 g/mol. The number of anilines is 1. The number of halogens is 1. The predicted octanol–water partition coefficient (Wildman–Crippen LogP) is 3.49. The summed E-state index contributed by atoms with van der Waals surface area (Å²) < 4.78 is 6.22. The van der Waals surface area contributed by atoms with Crippen molar-refractivity contribution in [2.75, 3.05) is 19.1 Å². The molecule has 0 aliphatic rings. The first-order valence-corrected chi connectivity index (χ1v) is 6.43. The predicted molar refractivity (Wildman–Crippen MR) is 77.0 cm³/mol. The second kappa shape index (κ2) is 5.87. The molecule has 0 atom stereocenters. The summed E-state index contributed by atoms with van der Waals surface area (Å²) in [6.45, 7) is 0.819. The van der Waals surface area contributed by atoms with Crippen LogP contribution in [0.1, 0.15) is 5.56 Å². The fourth-order valence-corrected chi connectivity index (χ4v) is 2.36. The van der Waals surface area contributed by atoms with Gasteiger partial charge in [0.1, 0.15) is 5.75 Å². The van der Waals surface area contributed by atoms with Gasteiger partial charge in [0.05, 0.1) is 17.3 Å². The number of benzene rings is 1. The Labute approximate surface area is 116 Å².